The molecule has 0 aliphatic carbocycles. The van der Waals surface area contributed by atoms with Gasteiger partial charge in [-0.1, -0.05) is 0 Å². The Morgan fingerprint density at radius 3 is 2.78 bits per heavy atom. The quantitative estimate of drug-likeness (QED) is 0.752. The number of nitrogens with one attached hydrogen (secondary N) is 1. The molecule has 0 fully saturated rings. The van der Waals surface area contributed by atoms with Gasteiger partial charge in [-0.15, -0.1) is 21.5 Å². The van der Waals surface area contributed by atoms with E-state index in [1.165, 1.54) is 12.0 Å². The van der Waals surface area contributed by atoms with E-state index in [-0.39, 0.29) is 12.5 Å². The number of hydrogen-bond donors (Lipinski definition) is 1. The van der Waals surface area contributed by atoms with Crippen LogP contribution >= 0.6 is 11.3 Å². The van der Waals surface area contributed by atoms with E-state index in [1.54, 1.807) is 35.6 Å². The van der Waals surface area contributed by atoms with Crippen LogP contribution in [0.3, 0.4) is 0 Å². The maximum atomic E-state index is 11.8. The van der Waals surface area contributed by atoms with E-state index in [0.717, 1.165) is 10.4 Å². The maximum absolute atomic E-state index is 11.8. The van der Waals surface area contributed by atoms with Crippen molar-refractivity contribution in [3.05, 3.63) is 52.5 Å². The third-order valence-electron chi connectivity index (χ3n) is 3.25. The number of ether oxygens (including phenoxy) is 1. The number of carbonyl (C=O) groups excluding carboxylic acids is 1. The van der Waals surface area contributed by atoms with E-state index in [4.69, 9.17) is 9.15 Å². The highest BCUT2D eigenvalue weighted by molar-refractivity contribution is 7.10. The molecule has 23 heavy (non-hydrogen) atoms. The summed E-state index contributed by atoms with van der Waals surface area (Å²) < 4.78 is 10.6. The molecular formula is C16H15N3O3S. The van der Waals surface area contributed by atoms with Crippen molar-refractivity contribution in [1.29, 1.82) is 0 Å². The zero-order valence-electron chi connectivity index (χ0n) is 12.5. The van der Waals surface area contributed by atoms with Gasteiger partial charge in [0.1, 0.15) is 5.75 Å². The third-order valence-corrected chi connectivity index (χ3v) is 4.27. The van der Waals surface area contributed by atoms with E-state index >= 15 is 0 Å². The number of aryl methyl sites for hydroxylation is 1. The average Bonchev–Trinajstić information content (AvgIpc) is 3.23. The lowest BCUT2D eigenvalue weighted by molar-refractivity contribution is -0.123. The maximum Gasteiger partial charge on any atom is 0.258 e. The fourth-order valence-corrected chi connectivity index (χ4v) is 2.80. The molecular weight excluding hydrogens is 314 g/mol. The lowest BCUT2D eigenvalue weighted by Crippen LogP contribution is -2.28. The Bertz CT molecular complexity index is 766. The number of hydrogen-bond acceptors (Lipinski definition) is 6. The predicted molar refractivity (Wildman–Crippen MR) is 86.1 cm³/mol. The molecule has 2 aromatic heterocycles. The van der Waals surface area contributed by atoms with Crippen LogP contribution in [0.25, 0.3) is 11.5 Å². The summed E-state index contributed by atoms with van der Waals surface area (Å²) in [5.41, 5.74) is 1.99. The minimum atomic E-state index is -0.154. The molecule has 0 radical (unpaired) electrons. The molecule has 6 nitrogen and oxygen atoms in total. The average molecular weight is 329 g/mol. The Morgan fingerprint density at radius 1 is 1.30 bits per heavy atom. The fraction of sp³-hybridized carbons (Fsp3) is 0.188. The second-order valence-corrected chi connectivity index (χ2v) is 5.86. The van der Waals surface area contributed by atoms with Gasteiger partial charge in [-0.2, -0.15) is 0 Å². The Morgan fingerprint density at radius 2 is 2.13 bits per heavy atom. The number of amides is 1. The van der Waals surface area contributed by atoms with Gasteiger partial charge < -0.3 is 14.5 Å². The van der Waals surface area contributed by atoms with E-state index in [0.29, 0.717) is 18.2 Å². The largest absolute Gasteiger partial charge is 0.484 e. The molecule has 3 aromatic rings. The normalized spacial score (nSPS) is 10.5. The number of carbonyl (C=O) groups is 1. The van der Waals surface area contributed by atoms with E-state index < -0.39 is 0 Å². The molecule has 0 aliphatic heterocycles. The van der Waals surface area contributed by atoms with Crippen LogP contribution in [0.4, 0.5) is 0 Å². The molecule has 0 unspecified atom stereocenters. The van der Waals surface area contributed by atoms with Crippen molar-refractivity contribution < 1.29 is 13.9 Å². The summed E-state index contributed by atoms with van der Waals surface area (Å²) in [5.74, 6) is 0.898. The van der Waals surface area contributed by atoms with Crippen molar-refractivity contribution in [2.24, 2.45) is 0 Å². The van der Waals surface area contributed by atoms with Gasteiger partial charge in [0.05, 0.1) is 6.54 Å². The highest BCUT2D eigenvalue weighted by Crippen LogP contribution is 2.20. The monoisotopic (exact) mass is 329 g/mol. The lowest BCUT2D eigenvalue weighted by Gasteiger charge is -2.07. The topological polar surface area (TPSA) is 77.2 Å². The zero-order chi connectivity index (χ0) is 16.1. The summed E-state index contributed by atoms with van der Waals surface area (Å²) in [6.45, 7) is 2.53. The molecule has 1 amide bonds. The standard InChI is InChI=1S/C16H15N3O3S/c1-11-6-7-23-14(11)8-17-15(20)9-21-13-4-2-12(3-5-13)16-19-18-10-22-16/h2-7,10H,8-9H2,1H3,(H,17,20). The molecule has 0 aliphatic rings. The van der Waals surface area contributed by atoms with E-state index in [9.17, 15) is 4.79 Å². The van der Waals surface area contributed by atoms with Gasteiger partial charge in [0.2, 0.25) is 12.3 Å². The van der Waals surface area contributed by atoms with E-state index in [2.05, 4.69) is 15.5 Å². The zero-order valence-corrected chi connectivity index (χ0v) is 13.3. The third kappa shape index (κ3) is 3.95. The Kier molecular flexibility index (Phi) is 4.68. The van der Waals surface area contributed by atoms with Crippen LogP contribution in [-0.4, -0.2) is 22.7 Å². The van der Waals surface area contributed by atoms with Crippen molar-refractivity contribution in [3.63, 3.8) is 0 Å². The molecule has 118 valence electrons. The smallest absolute Gasteiger partial charge is 0.258 e. The second-order valence-electron chi connectivity index (χ2n) is 4.86. The van der Waals surface area contributed by atoms with E-state index in [1.807, 2.05) is 18.4 Å². The number of thiophene rings is 1. The van der Waals surface area contributed by atoms with Crippen molar-refractivity contribution in [2.75, 3.05) is 6.61 Å². The summed E-state index contributed by atoms with van der Waals surface area (Å²) in [7, 11) is 0. The molecule has 7 heteroatoms. The van der Waals surface area contributed by atoms with Crippen LogP contribution in [0.2, 0.25) is 0 Å². The summed E-state index contributed by atoms with van der Waals surface area (Å²) in [6, 6.07) is 9.16. The highest BCUT2D eigenvalue weighted by Gasteiger charge is 2.07. The fourth-order valence-electron chi connectivity index (χ4n) is 1.96. The van der Waals surface area contributed by atoms with Crippen LogP contribution in [-0.2, 0) is 11.3 Å². The molecule has 1 N–H and O–H groups in total. The first-order valence-corrected chi connectivity index (χ1v) is 7.89. The Balaban J connectivity index is 1.48. The van der Waals surface area contributed by atoms with Crippen molar-refractivity contribution in [3.8, 4) is 17.2 Å². The molecule has 1 aromatic carbocycles. The summed E-state index contributed by atoms with van der Waals surface area (Å²) >= 11 is 1.63. The first-order chi connectivity index (χ1) is 11.2. The molecule has 3 rings (SSSR count). The Labute approximate surface area is 137 Å². The van der Waals surface area contributed by atoms with Crippen LogP contribution in [0.1, 0.15) is 10.4 Å². The molecule has 0 spiro atoms. The number of benzene rings is 1. The summed E-state index contributed by atoms with van der Waals surface area (Å²) in [4.78, 5) is 13.0. The van der Waals surface area contributed by atoms with Gasteiger partial charge in [0.25, 0.3) is 5.91 Å². The minimum Gasteiger partial charge on any atom is -0.484 e. The predicted octanol–water partition coefficient (Wildman–Crippen LogP) is 2.80. The first-order valence-electron chi connectivity index (χ1n) is 7.01. The molecule has 0 saturated carbocycles. The SMILES string of the molecule is Cc1ccsc1CNC(=O)COc1ccc(-c2nnco2)cc1. The second kappa shape index (κ2) is 7.06. The number of nitrogens with zero attached hydrogens (tertiary/aromatic N) is 2. The van der Waals surface area contributed by atoms with Gasteiger partial charge in [-0.3, -0.25) is 4.79 Å². The van der Waals surface area contributed by atoms with Gasteiger partial charge in [0, 0.05) is 10.4 Å². The Hall–Kier alpha value is -2.67. The van der Waals surface area contributed by atoms with Crippen molar-refractivity contribution in [1.82, 2.24) is 15.5 Å². The van der Waals surface area contributed by atoms with Gasteiger partial charge in [-0.25, -0.2) is 0 Å². The summed E-state index contributed by atoms with van der Waals surface area (Å²) in [5, 5.41) is 12.3. The first kappa shape index (κ1) is 15.2. The lowest BCUT2D eigenvalue weighted by atomic mass is 10.2. The van der Waals surface area contributed by atoms with Crippen LogP contribution < -0.4 is 10.1 Å². The van der Waals surface area contributed by atoms with Crippen LogP contribution in [0.5, 0.6) is 5.75 Å². The van der Waals surface area contributed by atoms with Gasteiger partial charge in [0.15, 0.2) is 6.61 Å². The molecule has 0 saturated heterocycles. The van der Waals surface area contributed by atoms with Crippen molar-refractivity contribution >= 4 is 17.2 Å². The number of aromatic nitrogens is 2. The van der Waals surface area contributed by atoms with Gasteiger partial charge >= 0.3 is 0 Å². The summed E-state index contributed by atoms with van der Waals surface area (Å²) in [6.07, 6.45) is 1.28. The minimum absolute atomic E-state index is 0.0235. The van der Waals surface area contributed by atoms with Gasteiger partial charge in [-0.05, 0) is 48.2 Å². The highest BCUT2D eigenvalue weighted by atomic mass is 32.1. The van der Waals surface area contributed by atoms with Crippen molar-refractivity contribution in [2.45, 2.75) is 13.5 Å². The molecule has 2 heterocycles. The molecule has 0 atom stereocenters. The van der Waals surface area contributed by atoms with Crippen LogP contribution in [0, 0.1) is 6.92 Å². The number of rotatable bonds is 6. The van der Waals surface area contributed by atoms with Crippen LogP contribution in [0.15, 0.2) is 46.5 Å². The molecule has 0 bridgehead atoms.